The fraction of sp³-hybridized carbons (Fsp3) is 0.353. The Kier molecular flexibility index (Phi) is 6.01. The van der Waals surface area contributed by atoms with Gasteiger partial charge in [-0.3, -0.25) is 4.79 Å². The van der Waals surface area contributed by atoms with Crippen molar-refractivity contribution in [3.8, 4) is 0 Å². The third-order valence-corrected chi connectivity index (χ3v) is 5.95. The molecule has 0 aliphatic rings. The lowest BCUT2D eigenvalue weighted by molar-refractivity contribution is -0.119. The first-order valence-electron chi connectivity index (χ1n) is 7.48. The van der Waals surface area contributed by atoms with E-state index in [0.29, 0.717) is 16.5 Å². The third kappa shape index (κ3) is 4.58. The summed E-state index contributed by atoms with van der Waals surface area (Å²) in [6.45, 7) is 7.54. The molecular weight excluding hydrogens is 344 g/mol. The number of aryl methyl sites for hydroxylation is 3. The molecule has 1 atom stereocenters. The quantitative estimate of drug-likeness (QED) is 0.764. The van der Waals surface area contributed by atoms with Gasteiger partial charge < -0.3 is 10.4 Å². The van der Waals surface area contributed by atoms with E-state index in [1.165, 1.54) is 17.3 Å². The van der Waals surface area contributed by atoms with Crippen LogP contribution < -0.4 is 5.32 Å². The van der Waals surface area contributed by atoms with Gasteiger partial charge in [-0.15, -0.1) is 23.1 Å². The molecule has 1 aromatic carbocycles. The van der Waals surface area contributed by atoms with Crippen LogP contribution in [0, 0.1) is 20.8 Å². The second-order valence-corrected chi connectivity index (χ2v) is 7.67. The van der Waals surface area contributed by atoms with Crippen LogP contribution in [-0.2, 0) is 4.79 Å². The van der Waals surface area contributed by atoms with Crippen molar-refractivity contribution in [3.05, 3.63) is 44.9 Å². The first-order valence-corrected chi connectivity index (χ1v) is 9.28. The van der Waals surface area contributed by atoms with Crippen molar-refractivity contribution in [2.75, 3.05) is 5.75 Å². The van der Waals surface area contributed by atoms with Gasteiger partial charge in [-0.05, 0) is 39.3 Å². The molecule has 0 fully saturated rings. The van der Waals surface area contributed by atoms with Crippen molar-refractivity contribution in [2.24, 2.45) is 0 Å². The molecule has 128 valence electrons. The smallest absolute Gasteiger partial charge is 0.347 e. The minimum Gasteiger partial charge on any atom is -0.477 e. The molecule has 24 heavy (non-hydrogen) atoms. The van der Waals surface area contributed by atoms with Crippen molar-refractivity contribution in [1.29, 1.82) is 0 Å². The minimum absolute atomic E-state index is 0.0998. The number of hydrogen-bond acceptors (Lipinski definition) is 5. The van der Waals surface area contributed by atoms with Gasteiger partial charge in [-0.2, -0.15) is 0 Å². The monoisotopic (exact) mass is 364 g/mol. The highest BCUT2D eigenvalue weighted by Gasteiger charge is 2.19. The standard InChI is InChI=1S/C17H20N2O3S2/c1-9-5-6-13(10(2)7-9)23-8-14(20)18-12(4)16-19-11(3)15(24-16)17(21)22/h5-7,12H,8H2,1-4H3,(H,18,20)(H,21,22). The molecule has 7 heteroatoms. The van der Waals surface area contributed by atoms with E-state index in [4.69, 9.17) is 5.11 Å². The maximum atomic E-state index is 12.1. The lowest BCUT2D eigenvalue weighted by atomic mass is 10.2. The Hall–Kier alpha value is -1.86. The molecule has 5 nitrogen and oxygen atoms in total. The topological polar surface area (TPSA) is 79.3 Å². The number of amides is 1. The van der Waals surface area contributed by atoms with Gasteiger partial charge in [0.2, 0.25) is 5.91 Å². The Morgan fingerprint density at radius 1 is 1.33 bits per heavy atom. The van der Waals surface area contributed by atoms with Crippen LogP contribution in [0.4, 0.5) is 0 Å². The molecular formula is C17H20N2O3S2. The van der Waals surface area contributed by atoms with E-state index in [0.717, 1.165) is 21.8 Å². The fourth-order valence-corrected chi connectivity index (χ4v) is 3.98. The van der Waals surface area contributed by atoms with Crippen LogP contribution in [0.25, 0.3) is 0 Å². The molecule has 1 aromatic heterocycles. The van der Waals surface area contributed by atoms with E-state index < -0.39 is 5.97 Å². The highest BCUT2D eigenvalue weighted by Crippen LogP contribution is 2.25. The number of nitrogens with zero attached hydrogens (tertiary/aromatic N) is 1. The number of thioether (sulfide) groups is 1. The molecule has 2 N–H and O–H groups in total. The van der Waals surface area contributed by atoms with E-state index in [-0.39, 0.29) is 16.8 Å². The summed E-state index contributed by atoms with van der Waals surface area (Å²) < 4.78 is 0. The Bertz CT molecular complexity index is 771. The third-order valence-electron chi connectivity index (χ3n) is 3.44. The molecule has 2 rings (SSSR count). The number of nitrogens with one attached hydrogen (secondary N) is 1. The predicted molar refractivity (Wildman–Crippen MR) is 97.0 cm³/mol. The maximum absolute atomic E-state index is 12.1. The van der Waals surface area contributed by atoms with Crippen molar-refractivity contribution >= 4 is 35.0 Å². The van der Waals surface area contributed by atoms with Crippen molar-refractivity contribution in [1.82, 2.24) is 10.3 Å². The number of carbonyl (C=O) groups excluding carboxylic acids is 1. The SMILES string of the molecule is Cc1ccc(SCC(=O)NC(C)c2nc(C)c(C(=O)O)s2)c(C)c1. The van der Waals surface area contributed by atoms with Crippen LogP contribution in [0.2, 0.25) is 0 Å². The number of aromatic carboxylic acids is 1. The zero-order valence-corrected chi connectivity index (χ0v) is 15.7. The first kappa shape index (κ1) is 18.5. The Balaban J connectivity index is 1.94. The van der Waals surface area contributed by atoms with E-state index in [9.17, 15) is 9.59 Å². The van der Waals surface area contributed by atoms with Crippen molar-refractivity contribution in [3.63, 3.8) is 0 Å². The van der Waals surface area contributed by atoms with Crippen LogP contribution in [0.5, 0.6) is 0 Å². The highest BCUT2D eigenvalue weighted by molar-refractivity contribution is 8.00. The average Bonchev–Trinajstić information content (AvgIpc) is 2.88. The molecule has 0 saturated carbocycles. The van der Waals surface area contributed by atoms with Crippen molar-refractivity contribution < 1.29 is 14.7 Å². The van der Waals surface area contributed by atoms with Crippen LogP contribution >= 0.6 is 23.1 Å². The molecule has 1 heterocycles. The summed E-state index contributed by atoms with van der Waals surface area (Å²) in [5.41, 5.74) is 2.83. The Morgan fingerprint density at radius 2 is 2.04 bits per heavy atom. The molecule has 2 aromatic rings. The van der Waals surface area contributed by atoms with Gasteiger partial charge in [0.25, 0.3) is 0 Å². The number of thiazole rings is 1. The van der Waals surface area contributed by atoms with Gasteiger partial charge in [0.1, 0.15) is 9.88 Å². The van der Waals surface area contributed by atoms with Gasteiger partial charge in [-0.1, -0.05) is 17.7 Å². The highest BCUT2D eigenvalue weighted by atomic mass is 32.2. The van der Waals surface area contributed by atoms with Crippen molar-refractivity contribution in [2.45, 2.75) is 38.6 Å². The molecule has 0 aliphatic carbocycles. The maximum Gasteiger partial charge on any atom is 0.347 e. The number of carboxylic acid groups (broad SMARTS) is 1. The van der Waals surface area contributed by atoms with Crippen LogP contribution in [-0.4, -0.2) is 27.7 Å². The number of rotatable bonds is 6. The number of carbonyl (C=O) groups is 2. The minimum atomic E-state index is -0.986. The molecule has 1 unspecified atom stereocenters. The molecule has 0 aliphatic heterocycles. The first-order chi connectivity index (χ1) is 11.3. The Labute approximate surface area is 149 Å². The van der Waals surface area contributed by atoms with E-state index in [1.807, 2.05) is 32.9 Å². The summed E-state index contributed by atoms with van der Waals surface area (Å²) in [5.74, 6) is -0.776. The molecule has 0 saturated heterocycles. The van der Waals surface area contributed by atoms with E-state index >= 15 is 0 Å². The van der Waals surface area contributed by atoms with Crippen LogP contribution in [0.15, 0.2) is 23.1 Å². The second-order valence-electron chi connectivity index (χ2n) is 5.62. The zero-order valence-electron chi connectivity index (χ0n) is 14.0. The zero-order chi connectivity index (χ0) is 17.9. The second kappa shape index (κ2) is 7.81. The van der Waals surface area contributed by atoms with E-state index in [1.54, 1.807) is 6.92 Å². The molecule has 0 spiro atoms. The number of hydrogen-bond donors (Lipinski definition) is 2. The largest absolute Gasteiger partial charge is 0.477 e. The summed E-state index contributed by atoms with van der Waals surface area (Å²) in [4.78, 5) is 28.8. The number of benzene rings is 1. The summed E-state index contributed by atoms with van der Waals surface area (Å²) in [7, 11) is 0. The average molecular weight is 364 g/mol. The van der Waals surface area contributed by atoms with Crippen LogP contribution in [0.3, 0.4) is 0 Å². The molecule has 0 bridgehead atoms. The van der Waals surface area contributed by atoms with E-state index in [2.05, 4.69) is 16.4 Å². The van der Waals surface area contributed by atoms with Gasteiger partial charge in [0, 0.05) is 4.90 Å². The van der Waals surface area contributed by atoms with Gasteiger partial charge >= 0.3 is 5.97 Å². The lowest BCUT2D eigenvalue weighted by Crippen LogP contribution is -2.28. The van der Waals surface area contributed by atoms with Crippen LogP contribution in [0.1, 0.15) is 44.5 Å². The summed E-state index contributed by atoms with van der Waals surface area (Å²) >= 11 is 2.60. The van der Waals surface area contributed by atoms with Gasteiger partial charge in [0.15, 0.2) is 0 Å². The van der Waals surface area contributed by atoms with Gasteiger partial charge in [0.05, 0.1) is 17.5 Å². The number of aromatic nitrogens is 1. The normalized spacial score (nSPS) is 12.0. The predicted octanol–water partition coefficient (Wildman–Crippen LogP) is 3.74. The summed E-state index contributed by atoms with van der Waals surface area (Å²) in [6, 6.07) is 5.83. The molecule has 1 amide bonds. The molecule has 0 radical (unpaired) electrons. The number of carboxylic acids is 1. The lowest BCUT2D eigenvalue weighted by Gasteiger charge is -2.12. The Morgan fingerprint density at radius 3 is 2.62 bits per heavy atom. The van der Waals surface area contributed by atoms with Gasteiger partial charge in [-0.25, -0.2) is 9.78 Å². The fourth-order valence-electron chi connectivity index (χ4n) is 2.25. The summed E-state index contributed by atoms with van der Waals surface area (Å²) in [6.07, 6.45) is 0. The summed E-state index contributed by atoms with van der Waals surface area (Å²) in [5, 5.41) is 12.6.